The monoisotopic (exact) mass is 420 g/mol. The zero-order valence-electron chi connectivity index (χ0n) is 17.0. The number of hydrogen-bond acceptors (Lipinski definition) is 2. The molecule has 154 valence electrons. The summed E-state index contributed by atoms with van der Waals surface area (Å²) in [5.74, 6) is -0.289. The number of allylic oxidation sites excluding steroid dienone is 3. The molecule has 0 aromatic heterocycles. The van der Waals surface area contributed by atoms with Crippen LogP contribution < -0.4 is 11.1 Å². The lowest BCUT2D eigenvalue weighted by Crippen LogP contribution is -2.04. The summed E-state index contributed by atoms with van der Waals surface area (Å²) in [4.78, 5) is 0. The van der Waals surface area contributed by atoms with Crippen LogP contribution in [0.5, 0.6) is 0 Å². The fraction of sp³-hybridized carbons (Fsp3) is 0.154. The Labute approximate surface area is 182 Å². The van der Waals surface area contributed by atoms with Gasteiger partial charge in [-0.3, -0.25) is 0 Å². The first-order valence-corrected chi connectivity index (χ1v) is 10.5. The maximum absolute atomic E-state index is 14.2. The first-order valence-electron chi connectivity index (χ1n) is 10.1. The van der Waals surface area contributed by atoms with Crippen molar-refractivity contribution in [2.75, 3.05) is 11.9 Å². The van der Waals surface area contributed by atoms with Gasteiger partial charge in [0, 0.05) is 28.5 Å². The summed E-state index contributed by atoms with van der Waals surface area (Å²) in [6.45, 7) is 2.89. The van der Waals surface area contributed by atoms with Gasteiger partial charge in [-0.05, 0) is 59.9 Å². The maximum Gasteiger partial charge on any atom is 0.123 e. The van der Waals surface area contributed by atoms with Crippen LogP contribution in [-0.2, 0) is 6.42 Å². The Kier molecular flexibility index (Phi) is 7.69. The van der Waals surface area contributed by atoms with Crippen molar-refractivity contribution in [2.24, 2.45) is 5.73 Å². The zero-order chi connectivity index (χ0) is 21.3. The summed E-state index contributed by atoms with van der Waals surface area (Å²) >= 11 is 6.34. The minimum Gasteiger partial charge on any atom is -0.398 e. The van der Waals surface area contributed by atoms with Gasteiger partial charge in [-0.2, -0.15) is 0 Å². The van der Waals surface area contributed by atoms with E-state index in [0.717, 1.165) is 40.9 Å². The van der Waals surface area contributed by atoms with Crippen LogP contribution in [0.4, 0.5) is 10.1 Å². The summed E-state index contributed by atoms with van der Waals surface area (Å²) in [6.07, 6.45) is 5.52. The van der Waals surface area contributed by atoms with E-state index in [-0.39, 0.29) is 5.82 Å². The van der Waals surface area contributed by atoms with Gasteiger partial charge in [0.25, 0.3) is 0 Å². The largest absolute Gasteiger partial charge is 0.398 e. The number of nitrogens with two attached hydrogens (primary N) is 1. The van der Waals surface area contributed by atoms with E-state index >= 15 is 0 Å². The van der Waals surface area contributed by atoms with E-state index in [4.69, 9.17) is 17.3 Å². The van der Waals surface area contributed by atoms with Gasteiger partial charge < -0.3 is 11.1 Å². The quantitative estimate of drug-likeness (QED) is 0.388. The smallest absolute Gasteiger partial charge is 0.123 e. The molecule has 0 atom stereocenters. The Balaban J connectivity index is 2.07. The predicted octanol–water partition coefficient (Wildman–Crippen LogP) is 6.93. The van der Waals surface area contributed by atoms with Gasteiger partial charge in [-0.25, -0.2) is 4.39 Å². The highest BCUT2D eigenvalue weighted by Gasteiger charge is 2.10. The van der Waals surface area contributed by atoms with Crippen molar-refractivity contribution >= 4 is 28.6 Å². The summed E-state index contributed by atoms with van der Waals surface area (Å²) in [5.41, 5.74) is 11.4. The van der Waals surface area contributed by atoms with Crippen molar-refractivity contribution < 1.29 is 4.39 Å². The van der Waals surface area contributed by atoms with E-state index in [0.29, 0.717) is 17.1 Å². The highest BCUT2D eigenvalue weighted by atomic mass is 35.5. The lowest BCUT2D eigenvalue weighted by atomic mass is 9.98. The molecule has 0 heterocycles. The number of nitrogens with one attached hydrogen (secondary N) is 1. The Bertz CT molecular complexity index is 1040. The van der Waals surface area contributed by atoms with Crippen LogP contribution in [0.2, 0.25) is 5.02 Å². The second-order valence-electron chi connectivity index (χ2n) is 7.04. The van der Waals surface area contributed by atoms with Gasteiger partial charge in [0.05, 0.1) is 0 Å². The highest BCUT2D eigenvalue weighted by molar-refractivity contribution is 6.31. The fourth-order valence-electron chi connectivity index (χ4n) is 3.18. The minimum absolute atomic E-state index is 0.289. The molecule has 2 nitrogen and oxygen atoms in total. The molecule has 4 heteroatoms. The van der Waals surface area contributed by atoms with Crippen LogP contribution in [0, 0.1) is 5.82 Å². The third kappa shape index (κ3) is 5.74. The van der Waals surface area contributed by atoms with Crippen LogP contribution in [0.1, 0.15) is 30.0 Å². The van der Waals surface area contributed by atoms with E-state index in [1.165, 1.54) is 6.07 Å². The lowest BCUT2D eigenvalue weighted by molar-refractivity contribution is 0.627. The number of anilines is 1. The molecule has 3 aromatic rings. The molecule has 0 aliphatic rings. The molecule has 30 heavy (non-hydrogen) atoms. The summed E-state index contributed by atoms with van der Waals surface area (Å²) in [5, 5.41) is 4.09. The molecule has 0 bridgehead atoms. The number of hydrogen-bond donors (Lipinski definition) is 2. The second kappa shape index (κ2) is 10.7. The summed E-state index contributed by atoms with van der Waals surface area (Å²) < 4.78 is 14.2. The standard InChI is InChI=1S/C26H26ClFN2/c1-2-16-30-26-15-14-22(28)18-23(26)21(13-12-19-8-6-7-11-24(19)27)17-25(29)20-9-4-3-5-10-20/h3-11,13-15,17-18,30H,2,12,16,29H2,1H3/b21-13+,25-17-. The van der Waals surface area contributed by atoms with Crippen LogP contribution in [0.3, 0.4) is 0 Å². The van der Waals surface area contributed by atoms with Crippen molar-refractivity contribution in [2.45, 2.75) is 19.8 Å². The third-order valence-electron chi connectivity index (χ3n) is 4.78. The molecule has 3 aromatic carbocycles. The molecule has 0 aliphatic heterocycles. The van der Waals surface area contributed by atoms with E-state index in [2.05, 4.69) is 12.2 Å². The van der Waals surface area contributed by atoms with Gasteiger partial charge in [0.1, 0.15) is 5.82 Å². The van der Waals surface area contributed by atoms with Crippen molar-refractivity contribution in [1.29, 1.82) is 0 Å². The van der Waals surface area contributed by atoms with Crippen molar-refractivity contribution in [3.63, 3.8) is 0 Å². The fourth-order valence-corrected chi connectivity index (χ4v) is 3.39. The molecule has 0 spiro atoms. The van der Waals surface area contributed by atoms with Gasteiger partial charge in [0.2, 0.25) is 0 Å². The number of benzene rings is 3. The van der Waals surface area contributed by atoms with Gasteiger partial charge in [0.15, 0.2) is 0 Å². The molecule has 0 amide bonds. The Morgan fingerprint density at radius 3 is 2.50 bits per heavy atom. The Morgan fingerprint density at radius 2 is 1.77 bits per heavy atom. The molecule has 3 rings (SSSR count). The van der Waals surface area contributed by atoms with Crippen molar-refractivity contribution in [3.05, 3.63) is 112 Å². The van der Waals surface area contributed by atoms with Crippen molar-refractivity contribution in [1.82, 2.24) is 0 Å². The first-order chi connectivity index (χ1) is 14.6. The van der Waals surface area contributed by atoms with E-state index < -0.39 is 0 Å². The van der Waals surface area contributed by atoms with Gasteiger partial charge in [-0.15, -0.1) is 0 Å². The molecule has 0 aliphatic carbocycles. The maximum atomic E-state index is 14.2. The highest BCUT2D eigenvalue weighted by Crippen LogP contribution is 2.29. The normalized spacial score (nSPS) is 12.1. The molecule has 0 saturated heterocycles. The topological polar surface area (TPSA) is 38.0 Å². The number of halogens is 2. The lowest BCUT2D eigenvalue weighted by Gasteiger charge is -2.14. The molecule has 0 fully saturated rings. The SMILES string of the molecule is CCCNc1ccc(F)cc1C(/C=C(\N)c1ccccc1)=C/Cc1ccccc1Cl. The molecule has 0 saturated carbocycles. The molecular weight excluding hydrogens is 395 g/mol. The molecule has 0 unspecified atom stereocenters. The van der Waals surface area contributed by atoms with Crippen LogP contribution >= 0.6 is 11.6 Å². The van der Waals surface area contributed by atoms with Crippen LogP contribution in [-0.4, -0.2) is 6.54 Å². The van der Waals surface area contributed by atoms with Gasteiger partial charge in [-0.1, -0.05) is 73.1 Å². The predicted molar refractivity (Wildman–Crippen MR) is 127 cm³/mol. The van der Waals surface area contributed by atoms with Gasteiger partial charge >= 0.3 is 0 Å². The zero-order valence-corrected chi connectivity index (χ0v) is 17.8. The van der Waals surface area contributed by atoms with E-state index in [1.54, 1.807) is 12.1 Å². The average molecular weight is 421 g/mol. The van der Waals surface area contributed by atoms with Crippen LogP contribution in [0.15, 0.2) is 84.9 Å². The molecule has 3 N–H and O–H groups in total. The van der Waals surface area contributed by atoms with Crippen molar-refractivity contribution in [3.8, 4) is 0 Å². The minimum atomic E-state index is -0.289. The molecular formula is C26H26ClFN2. The first kappa shape index (κ1) is 21.7. The van der Waals surface area contributed by atoms with E-state index in [9.17, 15) is 4.39 Å². The molecule has 0 radical (unpaired) electrons. The van der Waals surface area contributed by atoms with E-state index in [1.807, 2.05) is 66.7 Å². The third-order valence-corrected chi connectivity index (χ3v) is 5.14. The summed E-state index contributed by atoms with van der Waals surface area (Å²) in [7, 11) is 0. The second-order valence-corrected chi connectivity index (χ2v) is 7.44. The van der Waals surface area contributed by atoms with Crippen LogP contribution in [0.25, 0.3) is 11.3 Å². The number of rotatable bonds is 8. The Hall–Kier alpha value is -3.04. The Morgan fingerprint density at radius 1 is 1.03 bits per heavy atom. The average Bonchev–Trinajstić information content (AvgIpc) is 2.77. The summed E-state index contributed by atoms with van der Waals surface area (Å²) in [6, 6.07) is 22.3.